The van der Waals surface area contributed by atoms with Crippen LogP contribution in [0.1, 0.15) is 47.8 Å². The maximum absolute atomic E-state index is 12.7. The number of hydrogen-bond acceptors (Lipinski definition) is 5. The lowest BCUT2D eigenvalue weighted by molar-refractivity contribution is 0.0315. The fourth-order valence-corrected chi connectivity index (χ4v) is 4.65. The van der Waals surface area contributed by atoms with Crippen molar-refractivity contribution in [1.82, 2.24) is 15.1 Å². The molecule has 1 aromatic heterocycles. The molecule has 0 bridgehead atoms. The summed E-state index contributed by atoms with van der Waals surface area (Å²) >= 11 is 1.56. The molecule has 2 aliphatic heterocycles. The second-order valence-corrected chi connectivity index (χ2v) is 8.34. The van der Waals surface area contributed by atoms with E-state index in [1.54, 1.807) is 11.3 Å². The molecule has 6 heteroatoms. The summed E-state index contributed by atoms with van der Waals surface area (Å²) in [5.74, 6) is 0.502. The number of likely N-dealkylation sites (tertiary alicyclic amines) is 1. The van der Waals surface area contributed by atoms with Gasteiger partial charge in [-0.05, 0) is 42.3 Å². The molecule has 3 heterocycles. The van der Waals surface area contributed by atoms with Crippen molar-refractivity contribution in [1.29, 1.82) is 0 Å². The Morgan fingerprint density at radius 1 is 1.28 bits per heavy atom. The van der Waals surface area contributed by atoms with Crippen LogP contribution in [0.2, 0.25) is 0 Å². The van der Waals surface area contributed by atoms with Crippen molar-refractivity contribution < 1.29 is 9.53 Å². The number of nitrogens with zero attached hydrogens (tertiary/aromatic N) is 2. The zero-order valence-electron chi connectivity index (χ0n) is 15.5. The summed E-state index contributed by atoms with van der Waals surface area (Å²) in [6.07, 6.45) is 2.25. The maximum atomic E-state index is 12.7. The van der Waals surface area contributed by atoms with Crippen molar-refractivity contribution >= 4 is 17.2 Å². The quantitative estimate of drug-likeness (QED) is 0.841. The van der Waals surface area contributed by atoms with Gasteiger partial charge >= 0.3 is 0 Å². The lowest BCUT2D eigenvalue weighted by atomic mass is 10.0. The first-order valence-electron chi connectivity index (χ1n) is 9.54. The Hall–Kier alpha value is -0.950. The number of ether oxygens (including phenoxy) is 1. The molecule has 0 aromatic carbocycles. The molecule has 3 rings (SSSR count). The van der Waals surface area contributed by atoms with Crippen molar-refractivity contribution in [3.05, 3.63) is 21.9 Å². The van der Waals surface area contributed by atoms with Gasteiger partial charge in [0, 0.05) is 38.8 Å². The summed E-state index contributed by atoms with van der Waals surface area (Å²) in [5, 5.41) is 5.31. The smallest absolute Gasteiger partial charge is 0.261 e. The highest BCUT2D eigenvalue weighted by atomic mass is 32.1. The average Bonchev–Trinajstić information content (AvgIpc) is 3.11. The highest BCUT2D eigenvalue weighted by Crippen LogP contribution is 2.25. The SMILES string of the molecule is CC(C)c1ccsc1C(=O)NC1CCCN(CCN2CCOCC2)C1. The van der Waals surface area contributed by atoms with E-state index in [1.165, 1.54) is 5.56 Å². The molecule has 5 nitrogen and oxygen atoms in total. The lowest BCUT2D eigenvalue weighted by Gasteiger charge is -2.35. The Labute approximate surface area is 155 Å². The lowest BCUT2D eigenvalue weighted by Crippen LogP contribution is -2.50. The van der Waals surface area contributed by atoms with Crippen molar-refractivity contribution in [3.63, 3.8) is 0 Å². The molecule has 1 aromatic rings. The Bertz CT molecular complexity index is 555. The van der Waals surface area contributed by atoms with Gasteiger partial charge in [0.05, 0.1) is 18.1 Å². The third-order valence-corrected chi connectivity index (χ3v) is 6.13. The van der Waals surface area contributed by atoms with E-state index >= 15 is 0 Å². The molecule has 1 amide bonds. The van der Waals surface area contributed by atoms with E-state index in [9.17, 15) is 4.79 Å². The molecular weight excluding hydrogens is 334 g/mol. The van der Waals surface area contributed by atoms with E-state index in [0.29, 0.717) is 5.92 Å². The Kier molecular flexibility index (Phi) is 6.87. The Balaban J connectivity index is 1.47. The summed E-state index contributed by atoms with van der Waals surface area (Å²) < 4.78 is 5.41. The van der Waals surface area contributed by atoms with Crippen LogP contribution in [-0.4, -0.2) is 74.2 Å². The molecule has 0 radical (unpaired) electrons. The molecule has 0 aliphatic carbocycles. The number of carbonyl (C=O) groups is 1. The number of piperidine rings is 1. The summed E-state index contributed by atoms with van der Waals surface area (Å²) in [4.78, 5) is 18.5. The van der Waals surface area contributed by atoms with Gasteiger partial charge in [-0.2, -0.15) is 0 Å². The molecule has 2 fully saturated rings. The first kappa shape index (κ1) is 18.8. The normalized spacial score (nSPS) is 23.1. The molecule has 1 unspecified atom stereocenters. The minimum Gasteiger partial charge on any atom is -0.379 e. The minimum absolute atomic E-state index is 0.110. The van der Waals surface area contributed by atoms with Gasteiger partial charge in [-0.25, -0.2) is 0 Å². The number of morpholine rings is 1. The van der Waals surface area contributed by atoms with E-state index < -0.39 is 0 Å². The number of thiophene rings is 1. The predicted molar refractivity (Wildman–Crippen MR) is 103 cm³/mol. The van der Waals surface area contributed by atoms with E-state index in [4.69, 9.17) is 4.74 Å². The highest BCUT2D eigenvalue weighted by Gasteiger charge is 2.24. The van der Waals surface area contributed by atoms with E-state index in [0.717, 1.165) is 70.2 Å². The molecular formula is C19H31N3O2S. The van der Waals surface area contributed by atoms with Crippen LogP contribution in [0, 0.1) is 0 Å². The van der Waals surface area contributed by atoms with Crippen molar-refractivity contribution in [2.45, 2.75) is 38.6 Å². The van der Waals surface area contributed by atoms with Gasteiger partial charge < -0.3 is 15.0 Å². The Morgan fingerprint density at radius 2 is 2.04 bits per heavy atom. The number of carbonyl (C=O) groups excluding carboxylic acids is 1. The predicted octanol–water partition coefficient (Wildman–Crippen LogP) is 2.40. The third-order valence-electron chi connectivity index (χ3n) is 5.20. The topological polar surface area (TPSA) is 44.8 Å². The number of amides is 1. The van der Waals surface area contributed by atoms with Gasteiger partial charge in [-0.3, -0.25) is 9.69 Å². The molecule has 2 aliphatic rings. The zero-order chi connectivity index (χ0) is 17.6. The van der Waals surface area contributed by atoms with E-state index in [2.05, 4.69) is 35.0 Å². The van der Waals surface area contributed by atoms with E-state index in [-0.39, 0.29) is 11.9 Å². The number of rotatable bonds is 6. The Morgan fingerprint density at radius 3 is 2.80 bits per heavy atom. The van der Waals surface area contributed by atoms with Crippen LogP contribution in [0.15, 0.2) is 11.4 Å². The fraction of sp³-hybridized carbons (Fsp3) is 0.737. The standard InChI is InChI=1S/C19H31N3O2S/c1-15(2)17-5-13-25-18(17)19(23)20-16-4-3-6-22(14-16)8-7-21-9-11-24-12-10-21/h5,13,15-16H,3-4,6-12,14H2,1-2H3,(H,20,23). The summed E-state index contributed by atoms with van der Waals surface area (Å²) in [7, 11) is 0. The van der Waals surface area contributed by atoms with Crippen LogP contribution in [0.3, 0.4) is 0 Å². The summed E-state index contributed by atoms with van der Waals surface area (Å²) in [5.41, 5.74) is 1.17. The number of nitrogens with one attached hydrogen (secondary N) is 1. The summed E-state index contributed by atoms with van der Waals surface area (Å²) in [6.45, 7) is 12.4. The summed E-state index contributed by atoms with van der Waals surface area (Å²) in [6, 6.07) is 2.35. The third kappa shape index (κ3) is 5.26. The number of hydrogen-bond donors (Lipinski definition) is 1. The second-order valence-electron chi connectivity index (χ2n) is 7.43. The molecule has 2 saturated heterocycles. The minimum atomic E-state index is 0.110. The maximum Gasteiger partial charge on any atom is 0.261 e. The van der Waals surface area contributed by atoms with Crippen LogP contribution >= 0.6 is 11.3 Å². The monoisotopic (exact) mass is 365 g/mol. The molecule has 140 valence electrons. The molecule has 0 saturated carbocycles. The average molecular weight is 366 g/mol. The molecule has 1 N–H and O–H groups in total. The molecule has 25 heavy (non-hydrogen) atoms. The van der Waals surface area contributed by atoms with Crippen LogP contribution in [0.25, 0.3) is 0 Å². The first-order chi connectivity index (χ1) is 12.1. The van der Waals surface area contributed by atoms with Crippen LogP contribution in [0.4, 0.5) is 0 Å². The van der Waals surface area contributed by atoms with E-state index in [1.807, 2.05) is 5.38 Å². The molecule has 0 spiro atoms. The second kappa shape index (κ2) is 9.12. The fourth-order valence-electron chi connectivity index (χ4n) is 3.69. The van der Waals surface area contributed by atoms with Gasteiger partial charge in [-0.15, -0.1) is 11.3 Å². The largest absolute Gasteiger partial charge is 0.379 e. The van der Waals surface area contributed by atoms with Gasteiger partial charge in [0.25, 0.3) is 5.91 Å². The van der Waals surface area contributed by atoms with Gasteiger partial charge in [0.1, 0.15) is 0 Å². The van der Waals surface area contributed by atoms with Gasteiger partial charge in [-0.1, -0.05) is 13.8 Å². The van der Waals surface area contributed by atoms with Crippen molar-refractivity contribution in [2.24, 2.45) is 0 Å². The van der Waals surface area contributed by atoms with Crippen molar-refractivity contribution in [3.8, 4) is 0 Å². The van der Waals surface area contributed by atoms with Crippen LogP contribution in [0.5, 0.6) is 0 Å². The molecule has 1 atom stereocenters. The van der Waals surface area contributed by atoms with Gasteiger partial charge in [0.15, 0.2) is 0 Å². The zero-order valence-corrected chi connectivity index (χ0v) is 16.3. The van der Waals surface area contributed by atoms with Crippen LogP contribution < -0.4 is 5.32 Å². The van der Waals surface area contributed by atoms with Gasteiger partial charge in [0.2, 0.25) is 0 Å². The van der Waals surface area contributed by atoms with Crippen LogP contribution in [-0.2, 0) is 4.74 Å². The first-order valence-corrected chi connectivity index (χ1v) is 10.4. The van der Waals surface area contributed by atoms with Crippen molar-refractivity contribution in [2.75, 3.05) is 52.5 Å². The highest BCUT2D eigenvalue weighted by molar-refractivity contribution is 7.12.